The Morgan fingerprint density at radius 1 is 1.36 bits per heavy atom. The number of anilines is 1. The van der Waals surface area contributed by atoms with Gasteiger partial charge in [-0.25, -0.2) is 0 Å². The molecule has 3 heteroatoms. The topological polar surface area (TPSA) is 24.1 Å². The van der Waals surface area contributed by atoms with Gasteiger partial charge in [0.15, 0.2) is 0 Å². The fraction of sp³-hybridized carbons (Fsp3) is 0.455. The Hall–Kier alpha value is -0.540. The monoisotopic (exact) mass is 254 g/mol. The minimum absolute atomic E-state index is 0.652. The summed E-state index contributed by atoms with van der Waals surface area (Å²) in [5.41, 5.74) is 1.20. The van der Waals surface area contributed by atoms with Gasteiger partial charge in [-0.1, -0.05) is 15.9 Å². The van der Waals surface area contributed by atoms with Gasteiger partial charge in [0.1, 0.15) is 0 Å². The standard InChI is InChI=1S/C11H15BrN2/c12-9-3-5-10(6-4-9)14-8-11-2-1-7-13-11/h3-6,11,13-14H,1-2,7-8H2. The van der Waals surface area contributed by atoms with E-state index in [1.165, 1.54) is 25.1 Å². The molecule has 0 spiro atoms. The minimum Gasteiger partial charge on any atom is -0.383 e. The summed E-state index contributed by atoms with van der Waals surface area (Å²) in [6, 6.07) is 8.96. The zero-order valence-corrected chi connectivity index (χ0v) is 9.68. The quantitative estimate of drug-likeness (QED) is 0.867. The van der Waals surface area contributed by atoms with E-state index in [1.807, 2.05) is 0 Å². The van der Waals surface area contributed by atoms with Gasteiger partial charge in [0, 0.05) is 22.7 Å². The van der Waals surface area contributed by atoms with E-state index in [1.54, 1.807) is 0 Å². The molecule has 0 aliphatic carbocycles. The molecule has 0 saturated carbocycles. The van der Waals surface area contributed by atoms with Crippen molar-refractivity contribution >= 4 is 21.6 Å². The van der Waals surface area contributed by atoms with Crippen molar-refractivity contribution in [2.75, 3.05) is 18.4 Å². The van der Waals surface area contributed by atoms with E-state index in [-0.39, 0.29) is 0 Å². The molecule has 1 aliphatic heterocycles. The smallest absolute Gasteiger partial charge is 0.0341 e. The van der Waals surface area contributed by atoms with Crippen molar-refractivity contribution in [3.8, 4) is 0 Å². The van der Waals surface area contributed by atoms with Crippen LogP contribution in [-0.2, 0) is 0 Å². The molecule has 1 heterocycles. The maximum absolute atomic E-state index is 3.47. The summed E-state index contributed by atoms with van der Waals surface area (Å²) in [6.07, 6.45) is 2.61. The first-order valence-corrected chi connectivity index (χ1v) is 5.87. The van der Waals surface area contributed by atoms with Crippen molar-refractivity contribution in [1.82, 2.24) is 5.32 Å². The third-order valence-electron chi connectivity index (χ3n) is 2.56. The predicted molar refractivity (Wildman–Crippen MR) is 63.7 cm³/mol. The highest BCUT2D eigenvalue weighted by molar-refractivity contribution is 9.10. The molecule has 1 aliphatic rings. The van der Waals surface area contributed by atoms with E-state index in [2.05, 4.69) is 50.8 Å². The van der Waals surface area contributed by atoms with Gasteiger partial charge in [0.25, 0.3) is 0 Å². The van der Waals surface area contributed by atoms with E-state index in [0.717, 1.165) is 11.0 Å². The lowest BCUT2D eigenvalue weighted by Crippen LogP contribution is -2.29. The molecule has 14 heavy (non-hydrogen) atoms. The van der Waals surface area contributed by atoms with Crippen molar-refractivity contribution in [2.45, 2.75) is 18.9 Å². The third kappa shape index (κ3) is 2.72. The molecule has 1 unspecified atom stereocenters. The molecule has 0 radical (unpaired) electrons. The Labute approximate surface area is 93.2 Å². The predicted octanol–water partition coefficient (Wildman–Crippen LogP) is 2.61. The average Bonchev–Trinajstić information content (AvgIpc) is 2.70. The van der Waals surface area contributed by atoms with Gasteiger partial charge >= 0.3 is 0 Å². The highest BCUT2D eigenvalue weighted by atomic mass is 79.9. The van der Waals surface area contributed by atoms with Crippen LogP contribution in [0.2, 0.25) is 0 Å². The first-order chi connectivity index (χ1) is 6.84. The lowest BCUT2D eigenvalue weighted by molar-refractivity contribution is 0.633. The molecule has 1 atom stereocenters. The molecule has 0 amide bonds. The average molecular weight is 255 g/mol. The van der Waals surface area contributed by atoms with Crippen molar-refractivity contribution in [3.05, 3.63) is 28.7 Å². The van der Waals surface area contributed by atoms with Crippen LogP contribution >= 0.6 is 15.9 Å². The summed E-state index contributed by atoms with van der Waals surface area (Å²) in [5, 5.41) is 6.90. The Morgan fingerprint density at radius 3 is 2.79 bits per heavy atom. The first kappa shape index (κ1) is 9.99. The molecule has 1 aromatic carbocycles. The molecule has 2 rings (SSSR count). The van der Waals surface area contributed by atoms with Gasteiger partial charge in [-0.15, -0.1) is 0 Å². The summed E-state index contributed by atoms with van der Waals surface area (Å²) in [4.78, 5) is 0. The summed E-state index contributed by atoms with van der Waals surface area (Å²) >= 11 is 3.42. The Kier molecular flexibility index (Phi) is 3.43. The van der Waals surface area contributed by atoms with Crippen molar-refractivity contribution < 1.29 is 0 Å². The molecule has 0 bridgehead atoms. The van der Waals surface area contributed by atoms with Crippen molar-refractivity contribution in [3.63, 3.8) is 0 Å². The van der Waals surface area contributed by atoms with E-state index in [0.29, 0.717) is 6.04 Å². The molecule has 1 aromatic rings. The van der Waals surface area contributed by atoms with Crippen LogP contribution in [0.4, 0.5) is 5.69 Å². The fourth-order valence-electron chi connectivity index (χ4n) is 1.74. The SMILES string of the molecule is Brc1ccc(NCC2CCCN2)cc1. The molecule has 76 valence electrons. The van der Waals surface area contributed by atoms with Gasteiger partial charge in [0.05, 0.1) is 0 Å². The van der Waals surface area contributed by atoms with Crippen molar-refractivity contribution in [2.24, 2.45) is 0 Å². The molecule has 1 saturated heterocycles. The fourth-order valence-corrected chi connectivity index (χ4v) is 2.00. The molecular weight excluding hydrogens is 240 g/mol. The van der Waals surface area contributed by atoms with Crippen LogP contribution in [0.15, 0.2) is 28.7 Å². The number of hydrogen-bond acceptors (Lipinski definition) is 2. The number of hydrogen-bond donors (Lipinski definition) is 2. The van der Waals surface area contributed by atoms with E-state index in [4.69, 9.17) is 0 Å². The number of rotatable bonds is 3. The third-order valence-corrected chi connectivity index (χ3v) is 3.09. The second-order valence-corrected chi connectivity index (χ2v) is 4.60. The zero-order chi connectivity index (χ0) is 9.80. The van der Waals surface area contributed by atoms with Crippen LogP contribution in [0.3, 0.4) is 0 Å². The maximum atomic E-state index is 3.47. The molecule has 0 aromatic heterocycles. The molecule has 1 fully saturated rings. The van der Waals surface area contributed by atoms with Crippen LogP contribution < -0.4 is 10.6 Å². The summed E-state index contributed by atoms with van der Waals surface area (Å²) in [7, 11) is 0. The molecular formula is C11H15BrN2. The summed E-state index contributed by atoms with van der Waals surface area (Å²) < 4.78 is 1.13. The van der Waals surface area contributed by atoms with E-state index >= 15 is 0 Å². The summed E-state index contributed by atoms with van der Waals surface area (Å²) in [6.45, 7) is 2.20. The van der Waals surface area contributed by atoms with Crippen LogP contribution in [0.25, 0.3) is 0 Å². The summed E-state index contributed by atoms with van der Waals surface area (Å²) in [5.74, 6) is 0. The van der Waals surface area contributed by atoms with Crippen LogP contribution in [0.1, 0.15) is 12.8 Å². The van der Waals surface area contributed by atoms with Crippen LogP contribution in [0.5, 0.6) is 0 Å². The van der Waals surface area contributed by atoms with Crippen molar-refractivity contribution in [1.29, 1.82) is 0 Å². The van der Waals surface area contributed by atoms with Crippen LogP contribution in [-0.4, -0.2) is 19.1 Å². The van der Waals surface area contributed by atoms with Gasteiger partial charge in [-0.3, -0.25) is 0 Å². The lowest BCUT2D eigenvalue weighted by Gasteiger charge is -2.12. The number of nitrogens with one attached hydrogen (secondary N) is 2. The van der Waals surface area contributed by atoms with Gasteiger partial charge in [0.2, 0.25) is 0 Å². The van der Waals surface area contributed by atoms with E-state index in [9.17, 15) is 0 Å². The highest BCUT2D eigenvalue weighted by Crippen LogP contribution is 2.14. The van der Waals surface area contributed by atoms with Gasteiger partial charge < -0.3 is 10.6 Å². The zero-order valence-electron chi connectivity index (χ0n) is 8.09. The minimum atomic E-state index is 0.652. The second-order valence-electron chi connectivity index (χ2n) is 3.68. The van der Waals surface area contributed by atoms with E-state index < -0.39 is 0 Å². The second kappa shape index (κ2) is 4.80. The highest BCUT2D eigenvalue weighted by Gasteiger charge is 2.12. The number of halogens is 1. The first-order valence-electron chi connectivity index (χ1n) is 5.07. The molecule has 2 nitrogen and oxygen atoms in total. The molecule has 2 N–H and O–H groups in total. The maximum Gasteiger partial charge on any atom is 0.0341 e. The van der Waals surface area contributed by atoms with Gasteiger partial charge in [-0.05, 0) is 43.7 Å². The van der Waals surface area contributed by atoms with Gasteiger partial charge in [-0.2, -0.15) is 0 Å². The normalized spacial score (nSPS) is 21.1. The number of benzene rings is 1. The van der Waals surface area contributed by atoms with Crippen LogP contribution in [0, 0.1) is 0 Å². The lowest BCUT2D eigenvalue weighted by atomic mass is 10.2. The largest absolute Gasteiger partial charge is 0.383 e. The Bertz CT molecular complexity index is 278. The Balaban J connectivity index is 1.82. The Morgan fingerprint density at radius 2 is 2.14 bits per heavy atom.